The van der Waals surface area contributed by atoms with Crippen LogP contribution in [0.25, 0.3) is 0 Å². The van der Waals surface area contributed by atoms with E-state index in [2.05, 4.69) is 41.3 Å². The number of carbonyl (C=O) groups excluding carboxylic acids is 1. The molecule has 0 saturated carbocycles. The lowest BCUT2D eigenvalue weighted by Gasteiger charge is -2.33. The summed E-state index contributed by atoms with van der Waals surface area (Å²) in [7, 11) is 0. The average molecular weight is 448 g/mol. The van der Waals surface area contributed by atoms with E-state index in [0.29, 0.717) is 36.9 Å². The molecule has 4 rings (SSSR count). The Morgan fingerprint density at radius 3 is 2.36 bits per heavy atom. The first-order chi connectivity index (χ1) is 15.8. The largest absolute Gasteiger partial charge is 0.492 e. The first kappa shape index (κ1) is 23.1. The van der Waals surface area contributed by atoms with Crippen molar-refractivity contribution >= 4 is 6.09 Å². The van der Waals surface area contributed by atoms with Crippen LogP contribution in [-0.4, -0.2) is 41.2 Å². The number of nitriles is 1. The number of amides is 1. The third-order valence-corrected chi connectivity index (χ3v) is 6.22. The van der Waals surface area contributed by atoms with E-state index in [0.717, 1.165) is 38.0 Å². The maximum Gasteiger partial charge on any atom is 0.410 e. The van der Waals surface area contributed by atoms with Gasteiger partial charge in [-0.1, -0.05) is 30.3 Å². The zero-order valence-corrected chi connectivity index (χ0v) is 19.8. The van der Waals surface area contributed by atoms with Crippen molar-refractivity contribution in [3.8, 4) is 11.8 Å². The molecule has 0 spiro atoms. The standard InChI is InChI=1S/C27H33N3O3/c1-27(2,3)33-26(31)30-12-10-20(11-13-30)19-32-25-9-8-21(14-24(25)15-28)16-29-17-22-6-4-5-7-23(22)18-29/h4-9,14,20H,10-13,16-19H2,1-3H3. The molecule has 2 aliphatic heterocycles. The number of hydrogen-bond acceptors (Lipinski definition) is 5. The minimum Gasteiger partial charge on any atom is -0.492 e. The Balaban J connectivity index is 1.27. The highest BCUT2D eigenvalue weighted by atomic mass is 16.6. The maximum atomic E-state index is 12.2. The van der Waals surface area contributed by atoms with Gasteiger partial charge in [0.25, 0.3) is 0 Å². The van der Waals surface area contributed by atoms with Crippen molar-refractivity contribution in [3.05, 3.63) is 64.7 Å². The second kappa shape index (κ2) is 9.84. The molecule has 2 heterocycles. The SMILES string of the molecule is CC(C)(C)OC(=O)N1CCC(COc2ccc(CN3Cc4ccccc4C3)cc2C#N)CC1. The fraction of sp³-hybridized carbons (Fsp3) is 0.481. The molecule has 1 fully saturated rings. The molecule has 33 heavy (non-hydrogen) atoms. The van der Waals surface area contributed by atoms with Crippen LogP contribution in [-0.2, 0) is 24.4 Å². The maximum absolute atomic E-state index is 12.2. The summed E-state index contributed by atoms with van der Waals surface area (Å²) < 4.78 is 11.5. The molecule has 6 nitrogen and oxygen atoms in total. The lowest BCUT2D eigenvalue weighted by molar-refractivity contribution is 0.0165. The van der Waals surface area contributed by atoms with Gasteiger partial charge in [-0.2, -0.15) is 5.26 Å². The number of rotatable bonds is 5. The molecule has 0 aliphatic carbocycles. The summed E-state index contributed by atoms with van der Waals surface area (Å²) in [6.07, 6.45) is 1.49. The van der Waals surface area contributed by atoms with E-state index >= 15 is 0 Å². The van der Waals surface area contributed by atoms with Crippen molar-refractivity contribution in [2.75, 3.05) is 19.7 Å². The molecule has 0 unspecified atom stereocenters. The van der Waals surface area contributed by atoms with Crippen molar-refractivity contribution in [1.82, 2.24) is 9.80 Å². The van der Waals surface area contributed by atoms with Gasteiger partial charge in [0.15, 0.2) is 0 Å². The van der Waals surface area contributed by atoms with Gasteiger partial charge in [0, 0.05) is 32.7 Å². The van der Waals surface area contributed by atoms with Gasteiger partial charge in [0.1, 0.15) is 17.4 Å². The summed E-state index contributed by atoms with van der Waals surface area (Å²) in [5.74, 6) is 0.999. The second-order valence-electron chi connectivity index (χ2n) is 10.1. The fourth-order valence-corrected chi connectivity index (χ4v) is 4.48. The van der Waals surface area contributed by atoms with Crippen LogP contribution in [0.4, 0.5) is 4.79 Å². The number of likely N-dealkylation sites (tertiary alicyclic amines) is 1. The fourth-order valence-electron chi connectivity index (χ4n) is 4.48. The third-order valence-electron chi connectivity index (χ3n) is 6.22. The Morgan fingerprint density at radius 1 is 1.09 bits per heavy atom. The Bertz CT molecular complexity index is 1000. The average Bonchev–Trinajstić information content (AvgIpc) is 3.19. The van der Waals surface area contributed by atoms with Crippen LogP contribution in [0.2, 0.25) is 0 Å². The van der Waals surface area contributed by atoms with Crippen molar-refractivity contribution in [3.63, 3.8) is 0 Å². The van der Waals surface area contributed by atoms with Gasteiger partial charge in [-0.05, 0) is 68.4 Å². The summed E-state index contributed by atoms with van der Waals surface area (Å²) in [6.45, 7) is 10.2. The van der Waals surface area contributed by atoms with Gasteiger partial charge in [0.2, 0.25) is 0 Å². The molecule has 2 aliphatic rings. The molecule has 0 bridgehead atoms. The molecule has 0 N–H and O–H groups in total. The smallest absolute Gasteiger partial charge is 0.410 e. The molecular weight excluding hydrogens is 414 g/mol. The van der Waals surface area contributed by atoms with Crippen molar-refractivity contribution in [2.24, 2.45) is 5.92 Å². The van der Waals surface area contributed by atoms with Gasteiger partial charge in [-0.15, -0.1) is 0 Å². The number of piperidine rings is 1. The summed E-state index contributed by atoms with van der Waals surface area (Å²) in [6, 6.07) is 16.8. The quantitative estimate of drug-likeness (QED) is 0.638. The van der Waals surface area contributed by atoms with Gasteiger partial charge in [-0.3, -0.25) is 4.90 Å². The number of hydrogen-bond donors (Lipinski definition) is 0. The van der Waals surface area contributed by atoms with Crippen LogP contribution in [0, 0.1) is 17.2 Å². The van der Waals surface area contributed by atoms with Crippen molar-refractivity contribution in [1.29, 1.82) is 5.26 Å². The van der Waals surface area contributed by atoms with Gasteiger partial charge in [0.05, 0.1) is 12.2 Å². The van der Waals surface area contributed by atoms with E-state index in [9.17, 15) is 10.1 Å². The molecule has 1 saturated heterocycles. The normalized spacial score (nSPS) is 16.8. The zero-order valence-electron chi connectivity index (χ0n) is 19.8. The minimum atomic E-state index is -0.477. The predicted octanol–water partition coefficient (Wildman–Crippen LogP) is 5.10. The Hall–Kier alpha value is -3.04. The number of fused-ring (bicyclic) bond motifs is 1. The molecule has 174 valence electrons. The van der Waals surface area contributed by atoms with Crippen molar-refractivity contribution < 1.29 is 14.3 Å². The molecule has 6 heteroatoms. The highest BCUT2D eigenvalue weighted by Gasteiger charge is 2.27. The monoisotopic (exact) mass is 447 g/mol. The first-order valence-electron chi connectivity index (χ1n) is 11.7. The van der Waals surface area contributed by atoms with E-state index in [1.165, 1.54) is 11.1 Å². The highest BCUT2D eigenvalue weighted by molar-refractivity contribution is 5.68. The van der Waals surface area contributed by atoms with Crippen LogP contribution in [0.3, 0.4) is 0 Å². The number of nitrogens with zero attached hydrogens (tertiary/aromatic N) is 3. The first-order valence-corrected chi connectivity index (χ1v) is 11.7. The summed E-state index contributed by atoms with van der Waals surface area (Å²) in [5.41, 5.74) is 3.99. The van der Waals surface area contributed by atoms with E-state index in [4.69, 9.17) is 9.47 Å². The molecule has 1 amide bonds. The van der Waals surface area contributed by atoms with Crippen LogP contribution in [0.1, 0.15) is 55.9 Å². The molecule has 0 radical (unpaired) electrons. The van der Waals surface area contributed by atoms with E-state index < -0.39 is 5.60 Å². The number of ether oxygens (including phenoxy) is 2. The minimum absolute atomic E-state index is 0.245. The van der Waals surface area contributed by atoms with E-state index in [1.807, 2.05) is 32.9 Å². The van der Waals surface area contributed by atoms with Crippen LogP contribution in [0.5, 0.6) is 5.75 Å². The second-order valence-corrected chi connectivity index (χ2v) is 10.1. The van der Waals surface area contributed by atoms with Gasteiger partial charge in [-0.25, -0.2) is 4.79 Å². The lowest BCUT2D eigenvalue weighted by atomic mass is 9.98. The Morgan fingerprint density at radius 2 is 1.76 bits per heavy atom. The topological polar surface area (TPSA) is 65.8 Å². The number of benzene rings is 2. The number of carbonyl (C=O) groups is 1. The predicted molar refractivity (Wildman–Crippen MR) is 127 cm³/mol. The third kappa shape index (κ3) is 6.06. The Kier molecular flexibility index (Phi) is 6.90. The summed E-state index contributed by atoms with van der Waals surface area (Å²) in [5, 5.41) is 9.67. The van der Waals surface area contributed by atoms with Crippen LogP contribution < -0.4 is 4.74 Å². The zero-order chi connectivity index (χ0) is 23.4. The molecule has 0 aromatic heterocycles. The lowest BCUT2D eigenvalue weighted by Crippen LogP contribution is -2.42. The van der Waals surface area contributed by atoms with Crippen LogP contribution in [0.15, 0.2) is 42.5 Å². The Labute approximate surface area is 196 Å². The van der Waals surface area contributed by atoms with E-state index in [1.54, 1.807) is 4.90 Å². The van der Waals surface area contributed by atoms with Crippen molar-refractivity contribution in [2.45, 2.75) is 58.8 Å². The van der Waals surface area contributed by atoms with Crippen LogP contribution >= 0.6 is 0 Å². The molecule has 2 aromatic carbocycles. The summed E-state index contributed by atoms with van der Waals surface area (Å²) in [4.78, 5) is 16.4. The molecule has 0 atom stereocenters. The molecular formula is C27H33N3O3. The highest BCUT2D eigenvalue weighted by Crippen LogP contribution is 2.27. The molecule has 2 aromatic rings. The summed E-state index contributed by atoms with van der Waals surface area (Å²) >= 11 is 0. The van der Waals surface area contributed by atoms with E-state index in [-0.39, 0.29) is 6.09 Å². The van der Waals surface area contributed by atoms with Gasteiger partial charge < -0.3 is 14.4 Å². The van der Waals surface area contributed by atoms with Gasteiger partial charge >= 0.3 is 6.09 Å².